The molecule has 0 aliphatic heterocycles. The number of nitrogens with two attached hydrogens (primary N) is 2. The maximum atomic E-state index is 5.85. The van der Waals surface area contributed by atoms with Crippen LogP contribution < -0.4 is 16.4 Å². The normalized spacial score (nSPS) is 10.5. The Bertz CT molecular complexity index is 339. The molecule has 17 heavy (non-hydrogen) atoms. The van der Waals surface area contributed by atoms with Crippen LogP contribution in [0.5, 0.6) is 0 Å². The van der Waals surface area contributed by atoms with E-state index in [1.54, 1.807) is 14.2 Å². The lowest BCUT2D eigenvalue weighted by atomic mass is 10.3. The number of nitrogen functional groups attached to an aromatic ring is 2. The summed E-state index contributed by atoms with van der Waals surface area (Å²) in [7, 11) is 3.29. The molecule has 0 aliphatic carbocycles. The lowest BCUT2D eigenvalue weighted by Gasteiger charge is -2.24. The predicted octanol–water partition coefficient (Wildman–Crippen LogP) is -0.260. The maximum absolute atomic E-state index is 5.85. The second-order valence-corrected chi connectivity index (χ2v) is 3.47. The van der Waals surface area contributed by atoms with E-state index in [4.69, 9.17) is 20.9 Å². The molecule has 0 unspecified atom stereocenters. The van der Waals surface area contributed by atoms with Crippen molar-refractivity contribution < 1.29 is 9.47 Å². The van der Waals surface area contributed by atoms with Gasteiger partial charge in [0.25, 0.3) is 0 Å². The van der Waals surface area contributed by atoms with Gasteiger partial charge in [0, 0.05) is 27.3 Å². The van der Waals surface area contributed by atoms with Gasteiger partial charge in [-0.05, 0) is 0 Å². The Morgan fingerprint density at radius 1 is 1.12 bits per heavy atom. The van der Waals surface area contributed by atoms with Gasteiger partial charge in [-0.25, -0.2) is 9.97 Å². The van der Waals surface area contributed by atoms with Crippen LogP contribution in [0.1, 0.15) is 0 Å². The molecule has 0 atom stereocenters. The highest BCUT2D eigenvalue weighted by atomic mass is 16.5. The SMILES string of the molecule is COCCN(CCOC)c1ncnc(N)c1N. The van der Waals surface area contributed by atoms with Gasteiger partial charge in [0.15, 0.2) is 11.6 Å². The summed E-state index contributed by atoms with van der Waals surface area (Å²) >= 11 is 0. The standard InChI is InChI=1S/C10H19N5O2/c1-16-5-3-15(4-6-17-2)10-8(11)9(12)13-7-14-10/h7H,3-6,11H2,1-2H3,(H2,12,13,14). The van der Waals surface area contributed by atoms with Crippen molar-refractivity contribution >= 4 is 17.3 Å². The topological polar surface area (TPSA) is 99.5 Å². The number of hydrogen-bond acceptors (Lipinski definition) is 7. The zero-order chi connectivity index (χ0) is 12.7. The Kier molecular flexibility index (Phi) is 5.44. The summed E-state index contributed by atoms with van der Waals surface area (Å²) in [5, 5.41) is 0. The molecule has 0 aliphatic rings. The van der Waals surface area contributed by atoms with Crippen LogP contribution in [0.25, 0.3) is 0 Å². The minimum Gasteiger partial charge on any atom is -0.393 e. The van der Waals surface area contributed by atoms with Gasteiger partial charge in [-0.1, -0.05) is 0 Å². The van der Waals surface area contributed by atoms with Crippen molar-refractivity contribution in [3.8, 4) is 0 Å². The smallest absolute Gasteiger partial charge is 0.157 e. The van der Waals surface area contributed by atoms with Crippen LogP contribution in [0, 0.1) is 0 Å². The molecule has 96 valence electrons. The van der Waals surface area contributed by atoms with E-state index in [0.717, 1.165) is 0 Å². The van der Waals surface area contributed by atoms with E-state index >= 15 is 0 Å². The number of rotatable bonds is 7. The monoisotopic (exact) mass is 241 g/mol. The van der Waals surface area contributed by atoms with Crippen LogP contribution in [0.15, 0.2) is 6.33 Å². The average Bonchev–Trinajstić information content (AvgIpc) is 2.34. The van der Waals surface area contributed by atoms with Crippen molar-refractivity contribution in [2.24, 2.45) is 0 Å². The maximum Gasteiger partial charge on any atom is 0.157 e. The zero-order valence-corrected chi connectivity index (χ0v) is 10.2. The first kappa shape index (κ1) is 13.5. The zero-order valence-electron chi connectivity index (χ0n) is 10.2. The van der Waals surface area contributed by atoms with Gasteiger partial charge in [0.1, 0.15) is 12.0 Å². The minimum atomic E-state index is 0.287. The van der Waals surface area contributed by atoms with Crippen LogP contribution in [-0.2, 0) is 9.47 Å². The molecular weight excluding hydrogens is 222 g/mol. The van der Waals surface area contributed by atoms with E-state index < -0.39 is 0 Å². The highest BCUT2D eigenvalue weighted by Gasteiger charge is 2.13. The number of aromatic nitrogens is 2. The third kappa shape index (κ3) is 3.72. The molecule has 0 amide bonds. The summed E-state index contributed by atoms with van der Waals surface area (Å²) in [5.41, 5.74) is 11.9. The summed E-state index contributed by atoms with van der Waals surface area (Å²) < 4.78 is 10.1. The Balaban J connectivity index is 2.83. The van der Waals surface area contributed by atoms with Crippen molar-refractivity contribution in [1.29, 1.82) is 0 Å². The van der Waals surface area contributed by atoms with Gasteiger partial charge < -0.3 is 25.8 Å². The highest BCUT2D eigenvalue weighted by Crippen LogP contribution is 2.23. The van der Waals surface area contributed by atoms with Gasteiger partial charge >= 0.3 is 0 Å². The van der Waals surface area contributed by atoms with Gasteiger partial charge in [-0.2, -0.15) is 0 Å². The van der Waals surface area contributed by atoms with Gasteiger partial charge in [-0.15, -0.1) is 0 Å². The second kappa shape index (κ2) is 6.87. The molecule has 1 aromatic rings. The molecule has 7 heteroatoms. The molecule has 0 saturated heterocycles. The van der Waals surface area contributed by atoms with E-state index in [9.17, 15) is 0 Å². The average molecular weight is 241 g/mol. The van der Waals surface area contributed by atoms with Crippen LogP contribution in [0.4, 0.5) is 17.3 Å². The Morgan fingerprint density at radius 3 is 2.24 bits per heavy atom. The first-order valence-electron chi connectivity index (χ1n) is 5.29. The third-order valence-corrected chi connectivity index (χ3v) is 2.32. The number of anilines is 3. The molecule has 0 radical (unpaired) electrons. The fourth-order valence-electron chi connectivity index (χ4n) is 1.38. The van der Waals surface area contributed by atoms with Gasteiger partial charge in [0.05, 0.1) is 13.2 Å². The molecule has 0 fully saturated rings. The van der Waals surface area contributed by atoms with Gasteiger partial charge in [0.2, 0.25) is 0 Å². The Labute approximate surface area is 101 Å². The molecule has 1 aromatic heterocycles. The van der Waals surface area contributed by atoms with Crippen molar-refractivity contribution in [3.63, 3.8) is 0 Å². The van der Waals surface area contributed by atoms with Crippen LogP contribution in [0.2, 0.25) is 0 Å². The summed E-state index contributed by atoms with van der Waals surface area (Å²) in [6.45, 7) is 2.49. The highest BCUT2D eigenvalue weighted by molar-refractivity contribution is 5.73. The fourth-order valence-corrected chi connectivity index (χ4v) is 1.38. The molecule has 0 spiro atoms. The largest absolute Gasteiger partial charge is 0.393 e. The molecular formula is C10H19N5O2. The Morgan fingerprint density at radius 2 is 1.71 bits per heavy atom. The van der Waals surface area contributed by atoms with Crippen molar-refractivity contribution in [2.75, 3.05) is 56.9 Å². The van der Waals surface area contributed by atoms with Crippen molar-refractivity contribution in [1.82, 2.24) is 9.97 Å². The van der Waals surface area contributed by atoms with E-state index in [-0.39, 0.29) is 5.82 Å². The molecule has 7 nitrogen and oxygen atoms in total. The first-order valence-corrected chi connectivity index (χ1v) is 5.29. The molecule has 0 aromatic carbocycles. The van der Waals surface area contributed by atoms with E-state index in [2.05, 4.69) is 9.97 Å². The summed E-state index contributed by atoms with van der Waals surface area (Å²) in [5.74, 6) is 0.904. The van der Waals surface area contributed by atoms with Crippen LogP contribution in [-0.4, -0.2) is 50.5 Å². The molecule has 0 saturated carbocycles. The summed E-state index contributed by atoms with van der Waals surface area (Å²) in [6.07, 6.45) is 1.40. The predicted molar refractivity (Wildman–Crippen MR) is 66.8 cm³/mol. The molecule has 1 heterocycles. The third-order valence-electron chi connectivity index (χ3n) is 2.32. The number of nitrogens with zero attached hydrogens (tertiary/aromatic N) is 3. The first-order chi connectivity index (χ1) is 8.20. The van der Waals surface area contributed by atoms with E-state index in [0.29, 0.717) is 37.8 Å². The number of methoxy groups -OCH3 is 2. The van der Waals surface area contributed by atoms with Crippen molar-refractivity contribution in [2.45, 2.75) is 0 Å². The molecule has 0 bridgehead atoms. The fraction of sp³-hybridized carbons (Fsp3) is 0.600. The molecule has 4 N–H and O–H groups in total. The van der Waals surface area contributed by atoms with Crippen LogP contribution in [0.3, 0.4) is 0 Å². The Hall–Kier alpha value is -1.60. The van der Waals surface area contributed by atoms with Crippen molar-refractivity contribution in [3.05, 3.63) is 6.33 Å². The van der Waals surface area contributed by atoms with E-state index in [1.807, 2.05) is 4.90 Å². The molecule has 1 rings (SSSR count). The lowest BCUT2D eigenvalue weighted by Crippen LogP contribution is -2.32. The quantitative estimate of drug-likeness (QED) is 0.678. The van der Waals surface area contributed by atoms with Gasteiger partial charge in [-0.3, -0.25) is 0 Å². The lowest BCUT2D eigenvalue weighted by molar-refractivity contribution is 0.190. The number of hydrogen-bond donors (Lipinski definition) is 2. The summed E-state index contributed by atoms with van der Waals surface area (Å²) in [6, 6.07) is 0. The number of ether oxygens (including phenoxy) is 2. The van der Waals surface area contributed by atoms with E-state index in [1.165, 1.54) is 6.33 Å². The second-order valence-electron chi connectivity index (χ2n) is 3.47. The summed E-state index contributed by atoms with van der Waals surface area (Å²) in [4.78, 5) is 9.94. The van der Waals surface area contributed by atoms with Crippen LogP contribution >= 0.6 is 0 Å². The minimum absolute atomic E-state index is 0.287.